The van der Waals surface area contributed by atoms with Crippen molar-refractivity contribution in [2.75, 3.05) is 0 Å². The summed E-state index contributed by atoms with van der Waals surface area (Å²) in [5.41, 5.74) is -0.287. The highest BCUT2D eigenvalue weighted by Gasteiger charge is 2.41. The van der Waals surface area contributed by atoms with Gasteiger partial charge in [0.25, 0.3) is 0 Å². The minimum absolute atomic E-state index is 0.144. The highest BCUT2D eigenvalue weighted by Crippen LogP contribution is 2.39. The zero-order chi connectivity index (χ0) is 18.6. The predicted molar refractivity (Wildman–Crippen MR) is 106 cm³/mol. The third-order valence-electron chi connectivity index (χ3n) is 6.55. The van der Waals surface area contributed by atoms with E-state index in [4.69, 9.17) is 9.78 Å². The van der Waals surface area contributed by atoms with Crippen LogP contribution in [0.25, 0.3) is 0 Å². The quantitative estimate of drug-likeness (QED) is 0.224. The van der Waals surface area contributed by atoms with Crippen LogP contribution in [0.1, 0.15) is 120 Å². The average molecular weight is 343 g/mol. The molecule has 0 N–H and O–H groups in total. The van der Waals surface area contributed by atoms with E-state index in [0.717, 1.165) is 25.7 Å². The maximum Gasteiger partial charge on any atom is 0.106 e. The Kier molecular flexibility index (Phi) is 12.3. The zero-order valence-electron chi connectivity index (χ0n) is 18.0. The van der Waals surface area contributed by atoms with Crippen molar-refractivity contribution in [2.24, 2.45) is 11.8 Å². The second kappa shape index (κ2) is 12.3. The first-order valence-corrected chi connectivity index (χ1v) is 10.8. The van der Waals surface area contributed by atoms with Crippen LogP contribution in [0.2, 0.25) is 0 Å². The van der Waals surface area contributed by atoms with Gasteiger partial charge in [-0.3, -0.25) is 0 Å². The molecular weight excluding hydrogens is 296 g/mol. The fraction of sp³-hybridized carbons (Fsp3) is 1.00. The van der Waals surface area contributed by atoms with Gasteiger partial charge in [-0.05, 0) is 50.4 Å². The van der Waals surface area contributed by atoms with E-state index in [1.165, 1.54) is 38.5 Å². The average Bonchev–Trinajstić information content (AvgIpc) is 2.62. The molecule has 0 radical (unpaired) electrons. The Morgan fingerprint density at radius 1 is 0.583 bits per heavy atom. The van der Waals surface area contributed by atoms with E-state index in [9.17, 15) is 0 Å². The van der Waals surface area contributed by atoms with Crippen molar-refractivity contribution in [2.45, 2.75) is 131 Å². The van der Waals surface area contributed by atoms with Crippen LogP contribution in [0.4, 0.5) is 0 Å². The van der Waals surface area contributed by atoms with Gasteiger partial charge in [0.2, 0.25) is 0 Å². The molecule has 0 rings (SSSR count). The van der Waals surface area contributed by atoms with Gasteiger partial charge in [0.15, 0.2) is 0 Å². The van der Waals surface area contributed by atoms with E-state index in [1.54, 1.807) is 0 Å². The molecule has 0 aliphatic heterocycles. The Morgan fingerprint density at radius 3 is 1.08 bits per heavy atom. The van der Waals surface area contributed by atoms with Gasteiger partial charge in [-0.1, -0.05) is 81.1 Å². The predicted octanol–water partition coefficient (Wildman–Crippen LogP) is 7.70. The summed E-state index contributed by atoms with van der Waals surface area (Å²) in [5, 5.41) is 0. The molecule has 24 heavy (non-hydrogen) atoms. The Bertz CT molecular complexity index is 262. The smallest absolute Gasteiger partial charge is 0.106 e. The van der Waals surface area contributed by atoms with Gasteiger partial charge in [-0.15, -0.1) is 0 Å². The molecule has 2 unspecified atom stereocenters. The van der Waals surface area contributed by atoms with Crippen molar-refractivity contribution in [3.63, 3.8) is 0 Å². The summed E-state index contributed by atoms with van der Waals surface area (Å²) < 4.78 is 0. The molecule has 0 saturated carbocycles. The molecule has 0 heterocycles. The molecule has 0 aliphatic carbocycles. The largest absolute Gasteiger partial charge is 0.229 e. The maximum atomic E-state index is 6.34. The molecule has 0 aromatic rings. The molecule has 2 heteroatoms. The molecule has 0 aromatic carbocycles. The van der Waals surface area contributed by atoms with Crippen LogP contribution in [0.3, 0.4) is 0 Å². The van der Waals surface area contributed by atoms with E-state index in [-0.39, 0.29) is 11.2 Å². The standard InChI is InChI=1S/C22H46O2/c1-9-15-17-19(7)21(11-3,12-4)23-24-22(13-5,14-6)20(8)18-16-10-2/h19-20H,9-18H2,1-8H3. The minimum atomic E-state index is -0.144. The first-order valence-electron chi connectivity index (χ1n) is 10.8. The monoisotopic (exact) mass is 342 g/mol. The van der Waals surface area contributed by atoms with E-state index < -0.39 is 0 Å². The highest BCUT2D eigenvalue weighted by atomic mass is 17.2. The molecule has 0 aliphatic rings. The van der Waals surface area contributed by atoms with Gasteiger partial charge >= 0.3 is 0 Å². The summed E-state index contributed by atoms with van der Waals surface area (Å²) in [6, 6.07) is 0. The van der Waals surface area contributed by atoms with E-state index in [1.807, 2.05) is 0 Å². The fourth-order valence-electron chi connectivity index (χ4n) is 4.01. The van der Waals surface area contributed by atoms with Crippen molar-refractivity contribution in [3.8, 4) is 0 Å². The van der Waals surface area contributed by atoms with Crippen LogP contribution in [-0.4, -0.2) is 11.2 Å². The van der Waals surface area contributed by atoms with Crippen LogP contribution < -0.4 is 0 Å². The lowest BCUT2D eigenvalue weighted by Gasteiger charge is -2.43. The first kappa shape index (κ1) is 23.9. The van der Waals surface area contributed by atoms with Gasteiger partial charge in [0.1, 0.15) is 11.2 Å². The molecular formula is C22H46O2. The summed E-state index contributed by atoms with van der Waals surface area (Å²) in [6.07, 6.45) is 11.5. The lowest BCUT2D eigenvalue weighted by Crippen LogP contribution is -2.45. The number of hydrogen-bond donors (Lipinski definition) is 0. The van der Waals surface area contributed by atoms with Gasteiger partial charge in [-0.25, -0.2) is 9.78 Å². The second-order valence-electron chi connectivity index (χ2n) is 7.80. The number of rotatable bonds is 15. The van der Waals surface area contributed by atoms with Gasteiger partial charge in [-0.2, -0.15) is 0 Å². The Balaban J connectivity index is 5.11. The maximum absolute atomic E-state index is 6.34. The third kappa shape index (κ3) is 6.33. The van der Waals surface area contributed by atoms with Crippen LogP contribution in [0, 0.1) is 11.8 Å². The molecule has 0 bridgehead atoms. The number of hydrogen-bond acceptors (Lipinski definition) is 2. The van der Waals surface area contributed by atoms with E-state index >= 15 is 0 Å². The zero-order valence-corrected chi connectivity index (χ0v) is 18.0. The normalized spacial score (nSPS) is 15.5. The number of unbranched alkanes of at least 4 members (excludes halogenated alkanes) is 2. The topological polar surface area (TPSA) is 18.5 Å². The van der Waals surface area contributed by atoms with Crippen LogP contribution in [0.5, 0.6) is 0 Å². The van der Waals surface area contributed by atoms with Gasteiger partial charge in [0, 0.05) is 0 Å². The SMILES string of the molecule is CCCCC(C)C(CC)(CC)OOC(CC)(CC)C(C)CCCC. The lowest BCUT2D eigenvalue weighted by atomic mass is 9.80. The fourth-order valence-corrected chi connectivity index (χ4v) is 4.01. The molecule has 0 saturated heterocycles. The Morgan fingerprint density at radius 2 is 0.875 bits per heavy atom. The van der Waals surface area contributed by atoms with Crippen molar-refractivity contribution < 1.29 is 9.78 Å². The van der Waals surface area contributed by atoms with E-state index in [2.05, 4.69) is 55.4 Å². The van der Waals surface area contributed by atoms with Crippen LogP contribution in [-0.2, 0) is 9.78 Å². The summed E-state index contributed by atoms with van der Waals surface area (Å²) in [7, 11) is 0. The molecule has 0 aromatic heterocycles. The molecule has 2 atom stereocenters. The third-order valence-corrected chi connectivity index (χ3v) is 6.55. The summed E-state index contributed by atoms with van der Waals surface area (Å²) >= 11 is 0. The minimum Gasteiger partial charge on any atom is -0.229 e. The molecule has 2 nitrogen and oxygen atoms in total. The molecule has 146 valence electrons. The van der Waals surface area contributed by atoms with Crippen molar-refractivity contribution >= 4 is 0 Å². The van der Waals surface area contributed by atoms with Crippen LogP contribution >= 0.6 is 0 Å². The van der Waals surface area contributed by atoms with Crippen LogP contribution in [0.15, 0.2) is 0 Å². The molecule has 0 fully saturated rings. The van der Waals surface area contributed by atoms with Crippen molar-refractivity contribution in [3.05, 3.63) is 0 Å². The summed E-state index contributed by atoms with van der Waals surface area (Å²) in [4.78, 5) is 12.7. The second-order valence-corrected chi connectivity index (χ2v) is 7.80. The lowest BCUT2D eigenvalue weighted by molar-refractivity contribution is -0.433. The van der Waals surface area contributed by atoms with E-state index in [0.29, 0.717) is 11.8 Å². The summed E-state index contributed by atoms with van der Waals surface area (Å²) in [5.74, 6) is 1.06. The molecule has 0 amide bonds. The van der Waals surface area contributed by atoms with Crippen molar-refractivity contribution in [1.82, 2.24) is 0 Å². The van der Waals surface area contributed by atoms with Crippen molar-refractivity contribution in [1.29, 1.82) is 0 Å². The first-order chi connectivity index (χ1) is 11.4. The van der Waals surface area contributed by atoms with Gasteiger partial charge < -0.3 is 0 Å². The Labute approximate surface area is 153 Å². The highest BCUT2D eigenvalue weighted by molar-refractivity contribution is 4.86. The summed E-state index contributed by atoms with van der Waals surface area (Å²) in [6.45, 7) is 18.2. The Hall–Kier alpha value is -0.0800. The van der Waals surface area contributed by atoms with Gasteiger partial charge in [0.05, 0.1) is 0 Å². The molecule has 0 spiro atoms.